The minimum absolute atomic E-state index is 0.635. The average molecular weight is 588 g/mol. The van der Waals surface area contributed by atoms with Gasteiger partial charge < -0.3 is 8.83 Å². The van der Waals surface area contributed by atoms with Crippen LogP contribution in [0.3, 0.4) is 0 Å². The third kappa shape index (κ3) is 4.28. The van der Waals surface area contributed by atoms with Crippen LogP contribution in [-0.2, 0) is 0 Å². The van der Waals surface area contributed by atoms with Crippen LogP contribution in [0.15, 0.2) is 160 Å². The maximum absolute atomic E-state index is 10.2. The van der Waals surface area contributed by atoms with E-state index < -0.39 is 0 Å². The van der Waals surface area contributed by atoms with Gasteiger partial charge in [0.1, 0.15) is 22.3 Å². The van der Waals surface area contributed by atoms with E-state index >= 15 is 0 Å². The Bertz CT molecular complexity index is 2520. The highest BCUT2D eigenvalue weighted by Crippen LogP contribution is 2.39. The number of furan rings is 2. The van der Waals surface area contributed by atoms with Crippen LogP contribution in [0, 0.1) is 11.3 Å². The molecule has 0 fully saturated rings. The summed E-state index contributed by atoms with van der Waals surface area (Å²) in [5, 5.41) is 14.6. The number of benzene rings is 7. The van der Waals surface area contributed by atoms with E-state index in [1.807, 2.05) is 66.7 Å². The molecule has 0 saturated heterocycles. The predicted octanol–water partition coefficient (Wildman–Crippen LogP) is 12.0. The molecule has 0 aliphatic carbocycles. The number of hydrogen-bond donors (Lipinski definition) is 0. The molecule has 0 bridgehead atoms. The van der Waals surface area contributed by atoms with Gasteiger partial charge in [0, 0.05) is 27.1 Å². The molecule has 0 radical (unpaired) electrons. The summed E-state index contributed by atoms with van der Waals surface area (Å²) in [4.78, 5) is 0. The van der Waals surface area contributed by atoms with Crippen molar-refractivity contribution in [3.63, 3.8) is 0 Å². The van der Waals surface area contributed by atoms with Gasteiger partial charge in [0.05, 0.1) is 11.6 Å². The Morgan fingerprint density at radius 2 is 0.826 bits per heavy atom. The van der Waals surface area contributed by atoms with Crippen LogP contribution >= 0.6 is 0 Å². The number of nitriles is 1. The van der Waals surface area contributed by atoms with Gasteiger partial charge >= 0.3 is 0 Å². The summed E-state index contributed by atoms with van der Waals surface area (Å²) in [6.07, 6.45) is 0. The van der Waals surface area contributed by atoms with Crippen molar-refractivity contribution in [1.29, 1.82) is 5.26 Å². The zero-order valence-electron chi connectivity index (χ0n) is 24.7. The third-order valence-corrected chi connectivity index (χ3v) is 8.91. The number of para-hydroxylation sites is 2. The van der Waals surface area contributed by atoms with E-state index in [4.69, 9.17) is 8.83 Å². The highest BCUT2D eigenvalue weighted by molar-refractivity contribution is 6.07. The van der Waals surface area contributed by atoms with Crippen LogP contribution in [0.4, 0.5) is 0 Å². The second kappa shape index (κ2) is 10.4. The Kier molecular flexibility index (Phi) is 5.88. The normalized spacial score (nSPS) is 11.5. The molecule has 0 aliphatic rings. The Labute approximate surface area is 265 Å². The SMILES string of the molecule is N#Cc1ccc(-c2ccccc2)cc1-c1cc(-c2ccc3oc4ccccc4c3c2)cc(-c2ccc3oc4ccccc4c3c2)c1. The number of rotatable bonds is 4. The summed E-state index contributed by atoms with van der Waals surface area (Å²) in [7, 11) is 0. The maximum atomic E-state index is 10.2. The van der Waals surface area contributed by atoms with Gasteiger partial charge in [-0.3, -0.25) is 0 Å². The van der Waals surface area contributed by atoms with Crippen molar-refractivity contribution >= 4 is 43.9 Å². The molecule has 46 heavy (non-hydrogen) atoms. The first-order valence-electron chi connectivity index (χ1n) is 15.3. The molecule has 0 amide bonds. The zero-order chi connectivity index (χ0) is 30.6. The highest BCUT2D eigenvalue weighted by Gasteiger charge is 2.15. The summed E-state index contributed by atoms with van der Waals surface area (Å²) < 4.78 is 12.3. The van der Waals surface area contributed by atoms with Gasteiger partial charge in [-0.2, -0.15) is 5.26 Å². The van der Waals surface area contributed by atoms with Crippen molar-refractivity contribution in [1.82, 2.24) is 0 Å². The first-order chi connectivity index (χ1) is 22.7. The van der Waals surface area contributed by atoms with Gasteiger partial charge in [-0.1, -0.05) is 84.9 Å². The summed E-state index contributed by atoms with van der Waals surface area (Å²) in [5.74, 6) is 0. The molecule has 7 aromatic carbocycles. The summed E-state index contributed by atoms with van der Waals surface area (Å²) in [6, 6.07) is 54.5. The van der Waals surface area contributed by atoms with E-state index in [2.05, 4.69) is 91.0 Å². The predicted molar refractivity (Wildman–Crippen MR) is 187 cm³/mol. The van der Waals surface area contributed by atoms with Gasteiger partial charge in [0.25, 0.3) is 0 Å². The molecular formula is C43H25NO2. The summed E-state index contributed by atoms with van der Waals surface area (Å²) in [5.41, 5.74) is 12.5. The smallest absolute Gasteiger partial charge is 0.135 e. The molecule has 0 unspecified atom stereocenters. The van der Waals surface area contributed by atoms with E-state index in [-0.39, 0.29) is 0 Å². The Balaban J connectivity index is 1.29. The lowest BCUT2D eigenvalue weighted by Gasteiger charge is -2.14. The average Bonchev–Trinajstić information content (AvgIpc) is 3.69. The standard InChI is InChI=1S/C43H25NO2/c44-26-31-15-14-28(27-8-2-1-3-9-27)23-37(31)34-21-32(29-16-18-42-38(24-29)35-10-4-6-12-40(35)45-42)20-33(22-34)30-17-19-43-39(25-30)36-11-5-7-13-41(36)46-43/h1-25H. The number of hydrogen-bond acceptors (Lipinski definition) is 3. The molecule has 214 valence electrons. The van der Waals surface area contributed by atoms with Gasteiger partial charge in [0.15, 0.2) is 0 Å². The fourth-order valence-electron chi connectivity index (χ4n) is 6.62. The first kappa shape index (κ1) is 26.1. The molecule has 2 heterocycles. The van der Waals surface area contributed by atoms with Gasteiger partial charge in [-0.25, -0.2) is 0 Å². The van der Waals surface area contributed by atoms with Crippen molar-refractivity contribution in [2.75, 3.05) is 0 Å². The number of fused-ring (bicyclic) bond motifs is 6. The van der Waals surface area contributed by atoms with E-state index in [0.717, 1.165) is 88.4 Å². The molecule has 3 nitrogen and oxygen atoms in total. The third-order valence-electron chi connectivity index (χ3n) is 8.91. The summed E-state index contributed by atoms with van der Waals surface area (Å²) >= 11 is 0. The fourth-order valence-corrected chi connectivity index (χ4v) is 6.62. The molecule has 0 spiro atoms. The summed E-state index contributed by atoms with van der Waals surface area (Å²) in [6.45, 7) is 0. The lowest BCUT2D eigenvalue weighted by atomic mass is 9.89. The topological polar surface area (TPSA) is 50.1 Å². The Hall–Kier alpha value is -6.37. The van der Waals surface area contributed by atoms with Crippen LogP contribution in [0.25, 0.3) is 88.4 Å². The second-order valence-electron chi connectivity index (χ2n) is 11.7. The van der Waals surface area contributed by atoms with E-state index in [9.17, 15) is 5.26 Å². The molecule has 0 atom stereocenters. The molecule has 2 aromatic heterocycles. The molecule has 9 aromatic rings. The van der Waals surface area contributed by atoms with Crippen LogP contribution < -0.4 is 0 Å². The van der Waals surface area contributed by atoms with Crippen molar-refractivity contribution in [2.45, 2.75) is 0 Å². The maximum Gasteiger partial charge on any atom is 0.135 e. The molecule has 0 saturated carbocycles. The van der Waals surface area contributed by atoms with Gasteiger partial charge in [-0.05, 0) is 106 Å². The molecular weight excluding hydrogens is 562 g/mol. The largest absolute Gasteiger partial charge is 0.456 e. The highest BCUT2D eigenvalue weighted by atomic mass is 16.3. The van der Waals surface area contributed by atoms with E-state index in [1.165, 1.54) is 0 Å². The monoisotopic (exact) mass is 587 g/mol. The Morgan fingerprint density at radius 3 is 1.41 bits per heavy atom. The fraction of sp³-hybridized carbons (Fsp3) is 0. The minimum Gasteiger partial charge on any atom is -0.456 e. The quantitative estimate of drug-likeness (QED) is 0.206. The van der Waals surface area contributed by atoms with Crippen molar-refractivity contribution in [3.05, 3.63) is 157 Å². The zero-order valence-corrected chi connectivity index (χ0v) is 24.7. The molecule has 0 aliphatic heterocycles. The van der Waals surface area contributed by atoms with Crippen molar-refractivity contribution in [3.8, 4) is 50.6 Å². The van der Waals surface area contributed by atoms with Crippen molar-refractivity contribution < 1.29 is 8.83 Å². The Morgan fingerprint density at radius 1 is 0.348 bits per heavy atom. The first-order valence-corrected chi connectivity index (χ1v) is 15.3. The lowest BCUT2D eigenvalue weighted by Crippen LogP contribution is -1.90. The van der Waals surface area contributed by atoms with Crippen molar-refractivity contribution in [2.24, 2.45) is 0 Å². The number of nitrogens with zero attached hydrogens (tertiary/aromatic N) is 1. The van der Waals surface area contributed by atoms with Crippen LogP contribution in [-0.4, -0.2) is 0 Å². The van der Waals surface area contributed by atoms with Crippen LogP contribution in [0.5, 0.6) is 0 Å². The lowest BCUT2D eigenvalue weighted by molar-refractivity contribution is 0.668. The second-order valence-corrected chi connectivity index (χ2v) is 11.7. The molecule has 0 N–H and O–H groups in total. The van der Waals surface area contributed by atoms with E-state index in [1.54, 1.807) is 0 Å². The van der Waals surface area contributed by atoms with Gasteiger partial charge in [0.2, 0.25) is 0 Å². The van der Waals surface area contributed by atoms with Crippen LogP contribution in [0.1, 0.15) is 5.56 Å². The molecule has 9 rings (SSSR count). The van der Waals surface area contributed by atoms with E-state index in [0.29, 0.717) is 5.56 Å². The van der Waals surface area contributed by atoms with Gasteiger partial charge in [-0.15, -0.1) is 0 Å². The van der Waals surface area contributed by atoms with Crippen LogP contribution in [0.2, 0.25) is 0 Å². The minimum atomic E-state index is 0.635. The molecule has 3 heteroatoms.